The highest BCUT2D eigenvalue weighted by atomic mass is 16.5. The average molecular weight is 1110 g/mol. The van der Waals surface area contributed by atoms with Gasteiger partial charge in [-0.3, -0.25) is 9.59 Å². The highest BCUT2D eigenvalue weighted by molar-refractivity contribution is 5.76. The third-order valence-electron chi connectivity index (χ3n) is 17.3. The molecule has 0 aromatic rings. The third kappa shape index (κ3) is 65.6. The number of nitrogens with one attached hydrogen (secondary N) is 1. The number of ether oxygens (including phenoxy) is 1. The van der Waals surface area contributed by atoms with E-state index in [4.69, 9.17) is 4.74 Å². The smallest absolute Gasteiger partial charge is 0.305 e. The number of unbranched alkanes of at least 4 members (excludes halogenated alkanes) is 56. The molecule has 0 aliphatic rings. The second kappa shape index (κ2) is 69.1. The van der Waals surface area contributed by atoms with Crippen molar-refractivity contribution in [2.45, 2.75) is 431 Å². The minimum atomic E-state index is -0.665. The van der Waals surface area contributed by atoms with Crippen LogP contribution in [0.25, 0.3) is 0 Å². The van der Waals surface area contributed by atoms with E-state index in [0.717, 1.165) is 44.9 Å². The number of esters is 1. The van der Waals surface area contributed by atoms with Gasteiger partial charge in [-0.05, 0) is 51.4 Å². The Balaban J connectivity index is 3.36. The summed E-state index contributed by atoms with van der Waals surface area (Å²) in [6, 6.07) is -0.542. The van der Waals surface area contributed by atoms with Crippen molar-refractivity contribution < 1.29 is 24.5 Å². The van der Waals surface area contributed by atoms with Gasteiger partial charge in [0.2, 0.25) is 5.91 Å². The minimum Gasteiger partial charge on any atom is -0.466 e. The van der Waals surface area contributed by atoms with Gasteiger partial charge in [-0.25, -0.2) is 0 Å². The van der Waals surface area contributed by atoms with E-state index in [1.54, 1.807) is 0 Å². The lowest BCUT2D eigenvalue weighted by Gasteiger charge is -2.22. The van der Waals surface area contributed by atoms with Gasteiger partial charge in [0.1, 0.15) is 0 Å². The molecular weight excluding hydrogens is 971 g/mol. The van der Waals surface area contributed by atoms with Crippen molar-refractivity contribution >= 4 is 11.9 Å². The summed E-state index contributed by atoms with van der Waals surface area (Å²) in [5, 5.41) is 23.4. The van der Waals surface area contributed by atoms with E-state index in [-0.39, 0.29) is 18.5 Å². The standard InChI is InChI=1S/C73H143NO5/c1-3-5-7-9-11-13-15-17-19-21-22-23-27-30-34-37-41-45-49-53-57-61-65-71(76)70(69-75)74-72(77)66-62-58-54-50-46-42-38-35-31-28-25-24-26-29-32-36-40-44-48-52-56-60-64-68-79-73(78)67-63-59-55-51-47-43-39-33-20-18-16-14-12-10-8-6-4-2/h18,20,70-71,75-76H,3-17,19,21-69H2,1-2H3,(H,74,77)/b20-18-. The Morgan fingerprint density at radius 3 is 0.899 bits per heavy atom. The molecule has 0 aliphatic carbocycles. The molecule has 6 heteroatoms. The molecule has 2 atom stereocenters. The molecule has 0 saturated carbocycles. The molecule has 0 bridgehead atoms. The molecule has 79 heavy (non-hydrogen) atoms. The molecule has 0 aromatic carbocycles. The number of carbonyl (C=O) groups is 2. The van der Waals surface area contributed by atoms with E-state index in [9.17, 15) is 19.8 Å². The quantitative estimate of drug-likeness (QED) is 0.0320. The topological polar surface area (TPSA) is 95.9 Å². The molecule has 0 spiro atoms. The fraction of sp³-hybridized carbons (Fsp3) is 0.945. The fourth-order valence-electron chi connectivity index (χ4n) is 11.8. The molecule has 0 fully saturated rings. The number of carbonyl (C=O) groups excluding carboxylic acids is 2. The first-order valence-corrected chi connectivity index (χ1v) is 36.4. The van der Waals surface area contributed by atoms with Gasteiger partial charge in [0.15, 0.2) is 0 Å². The third-order valence-corrected chi connectivity index (χ3v) is 17.3. The predicted octanol–water partition coefficient (Wildman–Crippen LogP) is 23.5. The van der Waals surface area contributed by atoms with E-state index in [2.05, 4.69) is 31.3 Å². The number of hydrogen-bond donors (Lipinski definition) is 3. The molecule has 0 heterocycles. The van der Waals surface area contributed by atoms with Crippen molar-refractivity contribution in [3.05, 3.63) is 12.2 Å². The second-order valence-electron chi connectivity index (χ2n) is 25.3. The van der Waals surface area contributed by atoms with Crippen molar-refractivity contribution in [1.82, 2.24) is 5.32 Å². The summed E-state index contributed by atoms with van der Waals surface area (Å²) in [5.41, 5.74) is 0. The van der Waals surface area contributed by atoms with Crippen LogP contribution in [0.1, 0.15) is 418 Å². The summed E-state index contributed by atoms with van der Waals surface area (Å²) >= 11 is 0. The van der Waals surface area contributed by atoms with Gasteiger partial charge in [0, 0.05) is 12.8 Å². The Hall–Kier alpha value is -1.40. The number of rotatable bonds is 69. The van der Waals surface area contributed by atoms with E-state index < -0.39 is 12.1 Å². The maximum Gasteiger partial charge on any atom is 0.305 e. The van der Waals surface area contributed by atoms with Crippen LogP contribution in [-0.2, 0) is 14.3 Å². The Kier molecular flexibility index (Phi) is 67.9. The minimum absolute atomic E-state index is 0.0125. The molecule has 0 saturated heterocycles. The van der Waals surface area contributed by atoms with Gasteiger partial charge in [0.05, 0.1) is 25.4 Å². The van der Waals surface area contributed by atoms with Crippen LogP contribution in [0.4, 0.5) is 0 Å². The Morgan fingerprint density at radius 1 is 0.342 bits per heavy atom. The summed E-state index contributed by atoms with van der Waals surface area (Å²) in [7, 11) is 0. The van der Waals surface area contributed by atoms with Crippen molar-refractivity contribution in [2.75, 3.05) is 13.2 Å². The first-order valence-electron chi connectivity index (χ1n) is 36.4. The SMILES string of the molecule is CCCCCCCC/C=C\CCCCCCCCCC(=O)OCCCCCCCCCCCCCCCCCCCCCCCCCC(=O)NC(CO)C(O)CCCCCCCCCCCCCCCCCCCCCCCC. The number of hydrogen-bond acceptors (Lipinski definition) is 5. The van der Waals surface area contributed by atoms with Crippen LogP contribution in [0.5, 0.6) is 0 Å². The number of allylic oxidation sites excluding steroid dienone is 2. The van der Waals surface area contributed by atoms with Crippen LogP contribution in [-0.4, -0.2) is 47.4 Å². The fourth-order valence-corrected chi connectivity index (χ4v) is 11.8. The zero-order valence-electron chi connectivity index (χ0n) is 53.9. The van der Waals surface area contributed by atoms with Crippen molar-refractivity contribution in [1.29, 1.82) is 0 Å². The molecular formula is C73H143NO5. The number of aliphatic hydroxyl groups is 2. The van der Waals surface area contributed by atoms with Crippen LogP contribution < -0.4 is 5.32 Å². The van der Waals surface area contributed by atoms with Crippen molar-refractivity contribution in [3.8, 4) is 0 Å². The van der Waals surface area contributed by atoms with Crippen LogP contribution in [0.2, 0.25) is 0 Å². The van der Waals surface area contributed by atoms with Crippen LogP contribution in [0.15, 0.2) is 12.2 Å². The monoisotopic (exact) mass is 1110 g/mol. The zero-order valence-corrected chi connectivity index (χ0v) is 53.9. The Morgan fingerprint density at radius 2 is 0.595 bits per heavy atom. The molecule has 3 N–H and O–H groups in total. The van der Waals surface area contributed by atoms with Gasteiger partial charge in [0.25, 0.3) is 0 Å². The molecule has 1 amide bonds. The second-order valence-corrected chi connectivity index (χ2v) is 25.3. The first kappa shape index (κ1) is 77.6. The van der Waals surface area contributed by atoms with Crippen LogP contribution in [0, 0.1) is 0 Å². The number of amides is 1. The van der Waals surface area contributed by atoms with Gasteiger partial charge in [-0.15, -0.1) is 0 Å². The summed E-state index contributed by atoms with van der Waals surface area (Å²) in [6.07, 6.45) is 85.5. The zero-order chi connectivity index (χ0) is 57.1. The maximum atomic E-state index is 12.6. The molecule has 0 radical (unpaired) electrons. The molecule has 0 aliphatic heterocycles. The summed E-state index contributed by atoms with van der Waals surface area (Å²) < 4.78 is 5.50. The summed E-state index contributed by atoms with van der Waals surface area (Å²) in [4.78, 5) is 24.7. The summed E-state index contributed by atoms with van der Waals surface area (Å²) in [5.74, 6) is -0.0167. The number of aliphatic hydroxyl groups excluding tert-OH is 2. The Labute approximate surface area is 495 Å². The molecule has 0 aromatic heterocycles. The largest absolute Gasteiger partial charge is 0.466 e. The lowest BCUT2D eigenvalue weighted by atomic mass is 10.0. The highest BCUT2D eigenvalue weighted by Gasteiger charge is 2.20. The van der Waals surface area contributed by atoms with Crippen molar-refractivity contribution in [3.63, 3.8) is 0 Å². The predicted molar refractivity (Wildman–Crippen MR) is 347 cm³/mol. The van der Waals surface area contributed by atoms with E-state index in [1.807, 2.05) is 0 Å². The average Bonchev–Trinajstić information content (AvgIpc) is 3.45. The van der Waals surface area contributed by atoms with Gasteiger partial charge in [-0.1, -0.05) is 366 Å². The molecule has 6 nitrogen and oxygen atoms in total. The first-order chi connectivity index (χ1) is 39.0. The molecule has 2 unspecified atom stereocenters. The van der Waals surface area contributed by atoms with Gasteiger partial charge < -0.3 is 20.3 Å². The molecule has 0 rings (SSSR count). The molecule has 470 valence electrons. The van der Waals surface area contributed by atoms with E-state index in [0.29, 0.717) is 25.9 Å². The van der Waals surface area contributed by atoms with E-state index in [1.165, 1.54) is 340 Å². The Bertz CT molecular complexity index is 1190. The van der Waals surface area contributed by atoms with Crippen molar-refractivity contribution in [2.24, 2.45) is 0 Å². The lowest BCUT2D eigenvalue weighted by Crippen LogP contribution is -2.45. The summed E-state index contributed by atoms with van der Waals surface area (Å²) in [6.45, 7) is 4.99. The van der Waals surface area contributed by atoms with Crippen LogP contribution >= 0.6 is 0 Å². The normalized spacial score (nSPS) is 12.5. The highest BCUT2D eigenvalue weighted by Crippen LogP contribution is 2.19. The maximum absolute atomic E-state index is 12.6. The van der Waals surface area contributed by atoms with Gasteiger partial charge in [-0.2, -0.15) is 0 Å². The van der Waals surface area contributed by atoms with Gasteiger partial charge >= 0.3 is 5.97 Å². The lowest BCUT2D eigenvalue weighted by molar-refractivity contribution is -0.143. The van der Waals surface area contributed by atoms with Crippen LogP contribution in [0.3, 0.4) is 0 Å². The van der Waals surface area contributed by atoms with E-state index >= 15 is 0 Å².